The molecule has 0 aliphatic heterocycles. The van der Waals surface area contributed by atoms with Gasteiger partial charge in [-0.2, -0.15) is 0 Å². The van der Waals surface area contributed by atoms with Crippen LogP contribution in [0.15, 0.2) is 24.3 Å². The fourth-order valence-electron chi connectivity index (χ4n) is 2.21. The summed E-state index contributed by atoms with van der Waals surface area (Å²) in [6, 6.07) is 8.54. The first-order valence-corrected chi connectivity index (χ1v) is 8.16. The smallest absolute Gasteiger partial charge is 0.0734 e. The van der Waals surface area contributed by atoms with Crippen molar-refractivity contribution in [2.75, 3.05) is 20.8 Å². The Morgan fingerprint density at radius 2 is 2.00 bits per heavy atom. The van der Waals surface area contributed by atoms with Crippen LogP contribution >= 0.6 is 11.3 Å². The maximum Gasteiger partial charge on any atom is 0.0734 e. The third-order valence-corrected chi connectivity index (χ3v) is 4.98. The molecule has 0 saturated heterocycles. The van der Waals surface area contributed by atoms with Crippen LogP contribution in [0.25, 0.3) is 10.1 Å². The molecule has 0 atom stereocenters. The largest absolute Gasteiger partial charge is 0.379 e. The van der Waals surface area contributed by atoms with Crippen LogP contribution in [0.3, 0.4) is 0 Å². The Labute approximate surface area is 131 Å². The first kappa shape index (κ1) is 16.4. The number of hydrogen-bond donors (Lipinski definition) is 1. The monoisotopic (exact) mass is 307 g/mol. The normalized spacial score (nSPS) is 12.2. The van der Waals surface area contributed by atoms with E-state index in [1.165, 1.54) is 20.5 Å². The van der Waals surface area contributed by atoms with E-state index in [1.54, 1.807) is 7.11 Å². The van der Waals surface area contributed by atoms with Crippen LogP contribution in [-0.4, -0.2) is 26.4 Å². The molecule has 1 aromatic heterocycles. The highest BCUT2D eigenvalue weighted by Crippen LogP contribution is 2.31. The lowest BCUT2D eigenvalue weighted by atomic mass is 10.1. The van der Waals surface area contributed by atoms with Crippen LogP contribution in [-0.2, 0) is 22.6 Å². The second-order valence-corrected chi connectivity index (χ2v) is 6.93. The Morgan fingerprint density at radius 3 is 2.71 bits per heavy atom. The average Bonchev–Trinajstić information content (AvgIpc) is 2.82. The van der Waals surface area contributed by atoms with Gasteiger partial charge in [-0.25, -0.2) is 0 Å². The zero-order chi connectivity index (χ0) is 15.3. The van der Waals surface area contributed by atoms with Gasteiger partial charge in [-0.15, -0.1) is 11.3 Å². The van der Waals surface area contributed by atoms with Gasteiger partial charge < -0.3 is 14.8 Å². The van der Waals surface area contributed by atoms with Crippen molar-refractivity contribution < 1.29 is 9.47 Å². The summed E-state index contributed by atoms with van der Waals surface area (Å²) in [5.41, 5.74) is 1.20. The van der Waals surface area contributed by atoms with E-state index in [9.17, 15) is 0 Å². The number of hydrogen-bond acceptors (Lipinski definition) is 4. The zero-order valence-electron chi connectivity index (χ0n) is 13.4. The number of fused-ring (bicyclic) bond motifs is 1. The van der Waals surface area contributed by atoms with E-state index in [0.717, 1.165) is 13.0 Å². The molecule has 2 rings (SSSR count). The summed E-state index contributed by atoms with van der Waals surface area (Å²) in [5, 5.41) is 4.56. The van der Waals surface area contributed by atoms with Gasteiger partial charge in [0.25, 0.3) is 0 Å². The van der Waals surface area contributed by atoms with Gasteiger partial charge in [-0.1, -0.05) is 18.2 Å². The molecule has 4 heteroatoms. The van der Waals surface area contributed by atoms with Gasteiger partial charge in [0, 0.05) is 35.4 Å². The summed E-state index contributed by atoms with van der Waals surface area (Å²) in [4.78, 5) is 1.37. The molecule has 3 nitrogen and oxygen atoms in total. The van der Waals surface area contributed by atoms with E-state index in [2.05, 4.69) is 43.4 Å². The van der Waals surface area contributed by atoms with Crippen LogP contribution in [0, 0.1) is 0 Å². The molecule has 0 fully saturated rings. The molecule has 0 bridgehead atoms. The summed E-state index contributed by atoms with van der Waals surface area (Å²) < 4.78 is 12.7. The minimum Gasteiger partial charge on any atom is -0.379 e. The van der Waals surface area contributed by atoms with Crippen molar-refractivity contribution in [1.29, 1.82) is 0 Å². The molecule has 1 heterocycles. The van der Waals surface area contributed by atoms with Crippen LogP contribution in [0.4, 0.5) is 0 Å². The minimum absolute atomic E-state index is 0.121. The lowest BCUT2D eigenvalue weighted by Gasteiger charge is -2.22. The molecule has 0 saturated carbocycles. The van der Waals surface area contributed by atoms with Gasteiger partial charge >= 0.3 is 0 Å². The molecular formula is C17H25NO2S. The Kier molecular flexibility index (Phi) is 5.76. The maximum absolute atomic E-state index is 5.91. The number of methoxy groups -OCH3 is 1. The fourth-order valence-corrected chi connectivity index (χ4v) is 3.43. The molecule has 2 aromatic rings. The topological polar surface area (TPSA) is 30.5 Å². The van der Waals surface area contributed by atoms with Crippen LogP contribution in [0.5, 0.6) is 0 Å². The van der Waals surface area contributed by atoms with E-state index in [0.29, 0.717) is 13.2 Å². The highest BCUT2D eigenvalue weighted by atomic mass is 32.1. The Morgan fingerprint density at radius 1 is 1.24 bits per heavy atom. The van der Waals surface area contributed by atoms with Gasteiger partial charge in [-0.05, 0) is 38.8 Å². The molecule has 0 aliphatic carbocycles. The van der Waals surface area contributed by atoms with Crippen LogP contribution in [0.2, 0.25) is 0 Å². The molecule has 116 valence electrons. The predicted octanol–water partition coefficient (Wildman–Crippen LogP) is 3.95. The molecule has 1 aromatic carbocycles. The maximum atomic E-state index is 5.91. The lowest BCUT2D eigenvalue weighted by Crippen LogP contribution is -2.24. The van der Waals surface area contributed by atoms with Gasteiger partial charge in [0.1, 0.15) is 0 Å². The van der Waals surface area contributed by atoms with Gasteiger partial charge in [0.2, 0.25) is 0 Å². The van der Waals surface area contributed by atoms with Crippen molar-refractivity contribution in [2.24, 2.45) is 0 Å². The summed E-state index contributed by atoms with van der Waals surface area (Å²) in [6.45, 7) is 6.44. The van der Waals surface area contributed by atoms with E-state index in [1.807, 2.05) is 18.4 Å². The summed E-state index contributed by atoms with van der Waals surface area (Å²) >= 11 is 1.85. The number of benzene rings is 1. The van der Waals surface area contributed by atoms with Crippen molar-refractivity contribution in [1.82, 2.24) is 5.32 Å². The minimum atomic E-state index is -0.121. The molecule has 21 heavy (non-hydrogen) atoms. The van der Waals surface area contributed by atoms with Crippen LogP contribution in [0.1, 0.15) is 30.7 Å². The Balaban J connectivity index is 2.05. The Hall–Kier alpha value is -0.940. The van der Waals surface area contributed by atoms with Crippen molar-refractivity contribution in [3.05, 3.63) is 34.7 Å². The number of nitrogens with one attached hydrogen (secondary N) is 1. The molecule has 0 unspecified atom stereocenters. The molecule has 1 N–H and O–H groups in total. The standard InChI is InChI=1S/C17H25NO2S/c1-17(2,19-4)9-10-20-12-14-13-7-5-6-8-15(13)21-16(14)11-18-3/h5-8,18H,9-12H2,1-4H3. The van der Waals surface area contributed by atoms with E-state index >= 15 is 0 Å². The van der Waals surface area contributed by atoms with E-state index < -0.39 is 0 Å². The number of rotatable bonds is 8. The highest BCUT2D eigenvalue weighted by molar-refractivity contribution is 7.19. The third kappa shape index (κ3) is 4.27. The van der Waals surface area contributed by atoms with Crippen molar-refractivity contribution in [3.63, 3.8) is 0 Å². The summed E-state index contributed by atoms with van der Waals surface area (Å²) in [6.07, 6.45) is 0.896. The third-order valence-electron chi connectivity index (χ3n) is 3.77. The molecule has 0 radical (unpaired) electrons. The first-order valence-electron chi connectivity index (χ1n) is 7.34. The van der Waals surface area contributed by atoms with Gasteiger partial charge in [0.05, 0.1) is 12.2 Å². The lowest BCUT2D eigenvalue weighted by molar-refractivity contribution is -0.0123. The molecule has 0 spiro atoms. The van der Waals surface area contributed by atoms with Gasteiger partial charge in [-0.3, -0.25) is 0 Å². The fraction of sp³-hybridized carbons (Fsp3) is 0.529. The average molecular weight is 307 g/mol. The van der Waals surface area contributed by atoms with Crippen molar-refractivity contribution in [2.45, 2.75) is 39.0 Å². The van der Waals surface area contributed by atoms with Crippen LogP contribution < -0.4 is 5.32 Å². The SMILES string of the molecule is CNCc1sc2ccccc2c1COCCC(C)(C)OC. The molecule has 0 aliphatic rings. The Bertz CT molecular complexity index is 577. The first-order chi connectivity index (χ1) is 10.1. The quantitative estimate of drug-likeness (QED) is 0.749. The predicted molar refractivity (Wildman–Crippen MR) is 89.9 cm³/mol. The second kappa shape index (κ2) is 7.36. The summed E-state index contributed by atoms with van der Waals surface area (Å²) in [7, 11) is 3.73. The van der Waals surface area contributed by atoms with Gasteiger partial charge in [0.15, 0.2) is 0 Å². The summed E-state index contributed by atoms with van der Waals surface area (Å²) in [5.74, 6) is 0. The number of ether oxygens (including phenoxy) is 2. The second-order valence-electron chi connectivity index (χ2n) is 5.80. The van der Waals surface area contributed by atoms with Crippen molar-refractivity contribution >= 4 is 21.4 Å². The highest BCUT2D eigenvalue weighted by Gasteiger charge is 2.16. The van der Waals surface area contributed by atoms with E-state index in [4.69, 9.17) is 9.47 Å². The van der Waals surface area contributed by atoms with E-state index in [-0.39, 0.29) is 5.60 Å². The molecule has 0 amide bonds. The molecular weight excluding hydrogens is 282 g/mol. The number of thiophene rings is 1. The zero-order valence-corrected chi connectivity index (χ0v) is 14.2. The van der Waals surface area contributed by atoms with Crippen molar-refractivity contribution in [3.8, 4) is 0 Å².